The Kier molecular flexibility index (Phi) is 16.6. The zero-order valence-corrected chi connectivity index (χ0v) is 19.5. The maximum absolute atomic E-state index is 11.6. The quantitative estimate of drug-likeness (QED) is 0.120. The predicted octanol–water partition coefficient (Wildman–Crippen LogP) is 4.67. The highest BCUT2D eigenvalue weighted by Gasteiger charge is 2.18. The molecule has 0 aromatic carbocycles. The van der Waals surface area contributed by atoms with Crippen LogP contribution in [0.15, 0.2) is 12.2 Å². The molecule has 0 aromatic rings. The largest absolute Gasteiger partial charge is 0.463 e. The summed E-state index contributed by atoms with van der Waals surface area (Å²) in [4.78, 5) is 11.6. The number of allylic oxidation sites excluding steroid dienone is 1. The van der Waals surface area contributed by atoms with E-state index < -0.39 is 0 Å². The normalized spacial score (nSPS) is 12.4. The molecule has 0 radical (unpaired) electrons. The molecule has 0 aliphatic carbocycles. The summed E-state index contributed by atoms with van der Waals surface area (Å²) in [5.74, 6) is 0.935. The Balaban J connectivity index is 3.45. The van der Waals surface area contributed by atoms with Crippen molar-refractivity contribution in [2.45, 2.75) is 65.2 Å². The van der Waals surface area contributed by atoms with Gasteiger partial charge in [0.05, 0.1) is 13.2 Å². The molecular formula is C20H39NO4S2. The summed E-state index contributed by atoms with van der Waals surface area (Å²) in [5.41, 5.74) is 0. The van der Waals surface area contributed by atoms with Crippen LogP contribution in [-0.2, 0) is 19.0 Å². The van der Waals surface area contributed by atoms with Crippen LogP contribution in [-0.4, -0.2) is 55.7 Å². The van der Waals surface area contributed by atoms with E-state index in [-0.39, 0.29) is 10.7 Å². The van der Waals surface area contributed by atoms with Crippen LogP contribution in [0.2, 0.25) is 0 Å². The second kappa shape index (κ2) is 16.7. The molecule has 0 atom stereocenters. The molecule has 0 bridgehead atoms. The number of carbonyl (C=O) groups is 1. The molecule has 0 saturated carbocycles. The van der Waals surface area contributed by atoms with Gasteiger partial charge in [0.2, 0.25) is 0 Å². The van der Waals surface area contributed by atoms with Gasteiger partial charge in [-0.05, 0) is 26.2 Å². The van der Waals surface area contributed by atoms with Gasteiger partial charge >= 0.3 is 5.97 Å². The third-order valence-electron chi connectivity index (χ3n) is 3.25. The third-order valence-corrected chi connectivity index (χ3v) is 6.22. The second-order valence-electron chi connectivity index (χ2n) is 7.59. The number of carbonyl (C=O) groups excluding carboxylic acids is 1. The Morgan fingerprint density at radius 3 is 2.52 bits per heavy atom. The Bertz CT molecular complexity index is 401. The maximum Gasteiger partial charge on any atom is 0.305 e. The molecule has 0 heterocycles. The van der Waals surface area contributed by atoms with E-state index in [4.69, 9.17) is 14.2 Å². The van der Waals surface area contributed by atoms with Crippen molar-refractivity contribution in [3.05, 3.63) is 12.2 Å². The minimum absolute atomic E-state index is 0.150. The first-order chi connectivity index (χ1) is 12.7. The lowest BCUT2D eigenvalue weighted by molar-refractivity contribution is -0.145. The Labute approximate surface area is 174 Å². The van der Waals surface area contributed by atoms with Gasteiger partial charge in [0.1, 0.15) is 12.5 Å². The van der Waals surface area contributed by atoms with Crippen LogP contribution in [0.3, 0.4) is 0 Å². The average molecular weight is 422 g/mol. The van der Waals surface area contributed by atoms with Crippen molar-refractivity contribution in [3.63, 3.8) is 0 Å². The standard InChI is InChI=1S/C20H39NO4S2/c1-17(2)9-7-11-23-12-8-10-19(22)25-14-13-24-16-26-27-20(5,6)15-21-18(3)4/h7,9,17-18,21H,8,10-16H2,1-6H3/b9-7+. The lowest BCUT2D eigenvalue weighted by Gasteiger charge is -2.24. The average Bonchev–Trinajstić information content (AvgIpc) is 2.58. The van der Waals surface area contributed by atoms with Gasteiger partial charge in [-0.1, -0.05) is 61.4 Å². The topological polar surface area (TPSA) is 56.8 Å². The van der Waals surface area contributed by atoms with E-state index in [2.05, 4.69) is 52.9 Å². The number of ether oxygens (including phenoxy) is 3. The van der Waals surface area contributed by atoms with E-state index in [1.165, 1.54) is 0 Å². The molecule has 0 spiro atoms. The van der Waals surface area contributed by atoms with Crippen molar-refractivity contribution in [2.75, 3.05) is 38.9 Å². The Morgan fingerprint density at radius 2 is 1.85 bits per heavy atom. The lowest BCUT2D eigenvalue weighted by Crippen LogP contribution is -2.35. The van der Waals surface area contributed by atoms with Crippen molar-refractivity contribution in [1.82, 2.24) is 5.32 Å². The molecule has 0 aliphatic heterocycles. The van der Waals surface area contributed by atoms with E-state index >= 15 is 0 Å². The maximum atomic E-state index is 11.6. The summed E-state index contributed by atoms with van der Waals surface area (Å²) in [6.45, 7) is 15.8. The molecule has 0 rings (SSSR count). The fraction of sp³-hybridized carbons (Fsp3) is 0.850. The van der Waals surface area contributed by atoms with E-state index in [0.29, 0.717) is 57.2 Å². The van der Waals surface area contributed by atoms with Crippen LogP contribution >= 0.6 is 21.6 Å². The molecule has 0 fully saturated rings. The molecule has 1 N–H and O–H groups in total. The Hall–Kier alpha value is -0.210. The van der Waals surface area contributed by atoms with E-state index in [9.17, 15) is 4.79 Å². The minimum atomic E-state index is -0.192. The molecule has 0 aliphatic rings. The summed E-state index contributed by atoms with van der Waals surface area (Å²) >= 11 is 0. The second-order valence-corrected chi connectivity index (χ2v) is 10.5. The molecule has 27 heavy (non-hydrogen) atoms. The highest BCUT2D eigenvalue weighted by atomic mass is 33.1. The van der Waals surface area contributed by atoms with Gasteiger partial charge < -0.3 is 19.5 Å². The van der Waals surface area contributed by atoms with Crippen LogP contribution in [0.5, 0.6) is 0 Å². The van der Waals surface area contributed by atoms with Gasteiger partial charge in [-0.25, -0.2) is 0 Å². The first-order valence-corrected chi connectivity index (χ1v) is 12.1. The smallest absolute Gasteiger partial charge is 0.305 e. The van der Waals surface area contributed by atoms with Gasteiger partial charge in [0.25, 0.3) is 0 Å². The van der Waals surface area contributed by atoms with Crippen LogP contribution in [0.25, 0.3) is 0 Å². The van der Waals surface area contributed by atoms with E-state index in [0.717, 1.165) is 6.54 Å². The minimum Gasteiger partial charge on any atom is -0.463 e. The van der Waals surface area contributed by atoms with Crippen molar-refractivity contribution < 1.29 is 19.0 Å². The number of esters is 1. The monoisotopic (exact) mass is 421 g/mol. The van der Waals surface area contributed by atoms with E-state index in [1.54, 1.807) is 10.8 Å². The SMILES string of the molecule is CC(C)/C=C/COCCCC(=O)OCCOCSSC(C)(C)CNC(C)C. The fourth-order valence-corrected chi connectivity index (χ4v) is 4.02. The molecule has 0 unspecified atom stereocenters. The highest BCUT2D eigenvalue weighted by Crippen LogP contribution is 2.35. The van der Waals surface area contributed by atoms with Gasteiger partial charge in [0, 0.05) is 30.4 Å². The van der Waals surface area contributed by atoms with Crippen molar-refractivity contribution in [1.29, 1.82) is 0 Å². The van der Waals surface area contributed by atoms with Gasteiger partial charge in [-0.3, -0.25) is 4.79 Å². The van der Waals surface area contributed by atoms with Crippen molar-refractivity contribution >= 4 is 27.6 Å². The summed E-state index contributed by atoms with van der Waals surface area (Å²) < 4.78 is 16.2. The van der Waals surface area contributed by atoms with Crippen LogP contribution in [0.1, 0.15) is 54.4 Å². The predicted molar refractivity (Wildman–Crippen MR) is 118 cm³/mol. The zero-order chi connectivity index (χ0) is 20.5. The van der Waals surface area contributed by atoms with E-state index in [1.807, 2.05) is 16.9 Å². The molecular weight excluding hydrogens is 382 g/mol. The molecule has 0 aromatic heterocycles. The van der Waals surface area contributed by atoms with Crippen LogP contribution < -0.4 is 5.32 Å². The summed E-state index contributed by atoms with van der Waals surface area (Å²) in [6, 6.07) is 0.495. The lowest BCUT2D eigenvalue weighted by atomic mass is 10.2. The van der Waals surface area contributed by atoms with Crippen molar-refractivity contribution in [2.24, 2.45) is 5.92 Å². The molecule has 0 saturated heterocycles. The molecule has 5 nitrogen and oxygen atoms in total. The Morgan fingerprint density at radius 1 is 1.11 bits per heavy atom. The first kappa shape index (κ1) is 26.8. The van der Waals surface area contributed by atoms with Crippen molar-refractivity contribution in [3.8, 4) is 0 Å². The van der Waals surface area contributed by atoms with Gasteiger partial charge in [-0.15, -0.1) is 0 Å². The molecule has 7 heteroatoms. The number of hydrogen-bond donors (Lipinski definition) is 1. The number of hydrogen-bond acceptors (Lipinski definition) is 7. The molecule has 160 valence electrons. The third kappa shape index (κ3) is 20.3. The first-order valence-electron chi connectivity index (χ1n) is 9.74. The number of nitrogens with one attached hydrogen (secondary N) is 1. The molecule has 0 amide bonds. The van der Waals surface area contributed by atoms with Gasteiger partial charge in [0.15, 0.2) is 0 Å². The summed E-state index contributed by atoms with van der Waals surface area (Å²) in [7, 11) is 3.50. The van der Waals surface area contributed by atoms with Crippen LogP contribution in [0.4, 0.5) is 0 Å². The van der Waals surface area contributed by atoms with Crippen LogP contribution in [0, 0.1) is 5.92 Å². The highest BCUT2D eigenvalue weighted by molar-refractivity contribution is 8.77. The summed E-state index contributed by atoms with van der Waals surface area (Å²) in [6.07, 6.45) is 5.18. The summed E-state index contributed by atoms with van der Waals surface area (Å²) in [5, 5.41) is 3.45. The van der Waals surface area contributed by atoms with Gasteiger partial charge in [-0.2, -0.15) is 0 Å². The zero-order valence-electron chi connectivity index (χ0n) is 17.9. The fourth-order valence-electron chi connectivity index (χ4n) is 1.84. The number of rotatable bonds is 17.